The van der Waals surface area contributed by atoms with Crippen LogP contribution in [0, 0.1) is 13.8 Å². The van der Waals surface area contributed by atoms with Crippen molar-refractivity contribution in [1.29, 1.82) is 0 Å². The van der Waals surface area contributed by atoms with Gasteiger partial charge in [-0.25, -0.2) is 0 Å². The molecule has 1 N–H and O–H groups in total. The van der Waals surface area contributed by atoms with Gasteiger partial charge in [-0.3, -0.25) is 0 Å². The predicted octanol–water partition coefficient (Wildman–Crippen LogP) is 6.12. The lowest BCUT2D eigenvalue weighted by molar-refractivity contribution is 0.441. The Balaban J connectivity index is 2.06. The van der Waals surface area contributed by atoms with Gasteiger partial charge in [-0.1, -0.05) is 41.6 Å². The van der Waals surface area contributed by atoms with Crippen molar-refractivity contribution < 1.29 is 9.63 Å². The van der Waals surface area contributed by atoms with Gasteiger partial charge in [0.15, 0.2) is 5.76 Å². The van der Waals surface area contributed by atoms with Crippen LogP contribution in [0.3, 0.4) is 0 Å². The Morgan fingerprint density at radius 3 is 2.04 bits per heavy atom. The van der Waals surface area contributed by atoms with Gasteiger partial charge in [0, 0.05) is 10.9 Å². The quantitative estimate of drug-likeness (QED) is 0.374. The molecule has 0 bridgehead atoms. The second kappa shape index (κ2) is 5.33. The van der Waals surface area contributed by atoms with Crippen molar-refractivity contribution in [1.82, 2.24) is 5.16 Å². The zero-order chi connectivity index (χ0) is 17.8. The summed E-state index contributed by atoms with van der Waals surface area (Å²) in [5.41, 5.74) is 4.17. The minimum absolute atomic E-state index is 0.236. The maximum Gasteiger partial charge on any atom is 0.175 e. The first-order chi connectivity index (χ1) is 12.6. The van der Waals surface area contributed by atoms with E-state index in [0.29, 0.717) is 0 Å². The van der Waals surface area contributed by atoms with Crippen LogP contribution in [0.25, 0.3) is 43.8 Å². The lowest BCUT2D eigenvalue weighted by atomic mass is 9.91. The normalized spacial score (nSPS) is 11.6. The Kier molecular flexibility index (Phi) is 3.07. The first kappa shape index (κ1) is 15.0. The molecule has 0 fully saturated rings. The topological polar surface area (TPSA) is 46.3 Å². The lowest BCUT2D eigenvalue weighted by Crippen LogP contribution is -1.87. The van der Waals surface area contributed by atoms with E-state index in [2.05, 4.69) is 55.4 Å². The molecule has 0 saturated heterocycles. The van der Waals surface area contributed by atoms with E-state index in [1.165, 1.54) is 27.3 Å². The molecule has 5 aromatic rings. The van der Waals surface area contributed by atoms with Gasteiger partial charge in [0.05, 0.1) is 5.39 Å². The number of aromatic hydroxyl groups is 1. The van der Waals surface area contributed by atoms with Gasteiger partial charge in [0.1, 0.15) is 11.3 Å². The summed E-state index contributed by atoms with van der Waals surface area (Å²) in [4.78, 5) is 0. The van der Waals surface area contributed by atoms with Crippen LogP contribution in [0.5, 0.6) is 5.75 Å². The van der Waals surface area contributed by atoms with Crippen LogP contribution < -0.4 is 0 Å². The van der Waals surface area contributed by atoms with Gasteiger partial charge in [0.2, 0.25) is 0 Å². The van der Waals surface area contributed by atoms with E-state index in [0.717, 1.165) is 27.6 Å². The Morgan fingerprint density at radius 1 is 0.731 bits per heavy atom. The van der Waals surface area contributed by atoms with E-state index < -0.39 is 0 Å². The fourth-order valence-electron chi connectivity index (χ4n) is 3.93. The fourth-order valence-corrected chi connectivity index (χ4v) is 3.93. The summed E-state index contributed by atoms with van der Waals surface area (Å²) in [5.74, 6) is 0.976. The van der Waals surface area contributed by atoms with Crippen molar-refractivity contribution in [2.75, 3.05) is 0 Å². The highest BCUT2D eigenvalue weighted by atomic mass is 16.5. The van der Waals surface area contributed by atoms with Crippen LogP contribution in [-0.4, -0.2) is 10.3 Å². The number of benzene rings is 4. The average Bonchev–Trinajstić information content (AvgIpc) is 3.07. The van der Waals surface area contributed by atoms with Gasteiger partial charge >= 0.3 is 0 Å². The zero-order valence-electron chi connectivity index (χ0n) is 14.6. The molecule has 0 unspecified atom stereocenters. The smallest absolute Gasteiger partial charge is 0.175 e. The number of phenolic OH excluding ortho intramolecular Hbond substituents is 1. The Labute approximate surface area is 150 Å². The standard InChI is InChI=1S/C23H17NO2/c1-13-5-3-7-17-18-8-4-6-14(2)20(18)22-21(19(13)17)23(26-24-22)15-9-11-16(25)12-10-15/h3-12,25H,1-2H3. The molecule has 3 nitrogen and oxygen atoms in total. The van der Waals surface area contributed by atoms with Crippen LogP contribution in [0.1, 0.15) is 11.1 Å². The Hall–Kier alpha value is -3.33. The summed E-state index contributed by atoms with van der Waals surface area (Å²) in [6, 6.07) is 19.8. The Bertz CT molecular complexity index is 1300. The minimum Gasteiger partial charge on any atom is -0.508 e. The third-order valence-electron chi connectivity index (χ3n) is 5.14. The zero-order valence-corrected chi connectivity index (χ0v) is 14.6. The molecule has 0 saturated carbocycles. The predicted molar refractivity (Wildman–Crippen MR) is 106 cm³/mol. The van der Waals surface area contributed by atoms with Crippen LogP contribution >= 0.6 is 0 Å². The van der Waals surface area contributed by atoms with E-state index in [9.17, 15) is 5.11 Å². The van der Waals surface area contributed by atoms with Crippen molar-refractivity contribution in [3.63, 3.8) is 0 Å². The number of phenols is 1. The molecule has 5 rings (SSSR count). The molecular weight excluding hydrogens is 322 g/mol. The van der Waals surface area contributed by atoms with Crippen LogP contribution in [0.2, 0.25) is 0 Å². The largest absolute Gasteiger partial charge is 0.508 e. The van der Waals surface area contributed by atoms with Crippen LogP contribution in [0.15, 0.2) is 65.2 Å². The number of hydrogen-bond donors (Lipinski definition) is 1. The van der Waals surface area contributed by atoms with Crippen molar-refractivity contribution in [2.24, 2.45) is 0 Å². The molecule has 0 radical (unpaired) electrons. The fraction of sp³-hybridized carbons (Fsp3) is 0.0870. The molecule has 0 amide bonds. The molecule has 26 heavy (non-hydrogen) atoms. The van der Waals surface area contributed by atoms with E-state index >= 15 is 0 Å². The second-order valence-electron chi connectivity index (χ2n) is 6.78. The molecule has 3 heteroatoms. The number of fused-ring (bicyclic) bond motifs is 6. The average molecular weight is 339 g/mol. The molecule has 0 aliphatic carbocycles. The number of aryl methyl sites for hydroxylation is 2. The van der Waals surface area contributed by atoms with Gasteiger partial charge in [-0.05, 0) is 65.4 Å². The molecule has 0 aliphatic rings. The summed E-state index contributed by atoms with van der Waals surface area (Å²) in [5, 5.41) is 19.8. The number of nitrogens with zero attached hydrogens (tertiary/aromatic N) is 1. The van der Waals surface area contributed by atoms with E-state index in [-0.39, 0.29) is 5.75 Å². The van der Waals surface area contributed by atoms with Gasteiger partial charge < -0.3 is 9.63 Å². The molecule has 0 atom stereocenters. The molecule has 1 heterocycles. The third kappa shape index (κ3) is 1.97. The summed E-state index contributed by atoms with van der Waals surface area (Å²) >= 11 is 0. The highest BCUT2D eigenvalue weighted by Gasteiger charge is 2.20. The molecule has 4 aromatic carbocycles. The summed E-state index contributed by atoms with van der Waals surface area (Å²) in [7, 11) is 0. The van der Waals surface area contributed by atoms with E-state index in [1.54, 1.807) is 12.1 Å². The van der Waals surface area contributed by atoms with Crippen molar-refractivity contribution >= 4 is 32.4 Å². The van der Waals surface area contributed by atoms with Gasteiger partial charge in [0.25, 0.3) is 0 Å². The SMILES string of the molecule is Cc1cccc2c3cccc(C)c3c3c(-c4ccc(O)cc4)onc3c12. The Morgan fingerprint density at radius 2 is 1.35 bits per heavy atom. The second-order valence-corrected chi connectivity index (χ2v) is 6.78. The highest BCUT2D eigenvalue weighted by molar-refractivity contribution is 6.28. The summed E-state index contributed by atoms with van der Waals surface area (Å²) < 4.78 is 5.84. The van der Waals surface area contributed by atoms with Crippen LogP contribution in [-0.2, 0) is 0 Å². The molecule has 126 valence electrons. The first-order valence-electron chi connectivity index (χ1n) is 8.64. The van der Waals surface area contributed by atoms with Crippen molar-refractivity contribution in [3.05, 3.63) is 71.8 Å². The first-order valence-corrected chi connectivity index (χ1v) is 8.64. The monoisotopic (exact) mass is 339 g/mol. The maximum atomic E-state index is 9.61. The van der Waals surface area contributed by atoms with Gasteiger partial charge in [-0.15, -0.1) is 0 Å². The van der Waals surface area contributed by atoms with E-state index in [1.807, 2.05) is 12.1 Å². The maximum absolute atomic E-state index is 9.61. The summed E-state index contributed by atoms with van der Waals surface area (Å²) in [6.07, 6.45) is 0. The molecular formula is C23H17NO2. The van der Waals surface area contributed by atoms with Crippen molar-refractivity contribution in [2.45, 2.75) is 13.8 Å². The number of hydrogen-bond acceptors (Lipinski definition) is 3. The summed E-state index contributed by atoms with van der Waals surface area (Å²) in [6.45, 7) is 4.23. The van der Waals surface area contributed by atoms with Gasteiger partial charge in [-0.2, -0.15) is 0 Å². The number of aromatic nitrogens is 1. The number of rotatable bonds is 1. The molecule has 1 aromatic heterocycles. The molecule has 0 aliphatic heterocycles. The molecule has 0 spiro atoms. The van der Waals surface area contributed by atoms with E-state index in [4.69, 9.17) is 4.52 Å². The third-order valence-corrected chi connectivity index (χ3v) is 5.14. The lowest BCUT2D eigenvalue weighted by Gasteiger charge is -2.10. The minimum atomic E-state index is 0.236. The van der Waals surface area contributed by atoms with Crippen LogP contribution in [0.4, 0.5) is 0 Å². The van der Waals surface area contributed by atoms with Crippen molar-refractivity contribution in [3.8, 4) is 17.1 Å². The highest BCUT2D eigenvalue weighted by Crippen LogP contribution is 2.42.